The van der Waals surface area contributed by atoms with Crippen molar-refractivity contribution in [1.82, 2.24) is 0 Å². The van der Waals surface area contributed by atoms with Crippen molar-refractivity contribution < 1.29 is 19.2 Å². The molecule has 1 aromatic carbocycles. The van der Waals surface area contributed by atoms with Gasteiger partial charge in [0.25, 0.3) is 5.69 Å². The first kappa shape index (κ1) is 12.8. The molecule has 17 heavy (non-hydrogen) atoms. The molecule has 0 aromatic heterocycles. The molecule has 0 saturated heterocycles. The Kier molecular flexibility index (Phi) is 3.92. The second-order valence-electron chi connectivity index (χ2n) is 3.40. The van der Waals surface area contributed by atoms with Crippen molar-refractivity contribution in [2.45, 2.75) is 13.3 Å². The molecular formula is C11H11NO5. The van der Waals surface area contributed by atoms with Crippen LogP contribution in [0, 0.1) is 17.0 Å². The van der Waals surface area contributed by atoms with Crippen LogP contribution in [0.15, 0.2) is 18.2 Å². The highest BCUT2D eigenvalue weighted by Gasteiger charge is 2.23. The molecule has 6 nitrogen and oxygen atoms in total. The molecule has 0 aliphatic rings. The summed E-state index contributed by atoms with van der Waals surface area (Å²) >= 11 is 0. The highest BCUT2D eigenvalue weighted by atomic mass is 16.6. The summed E-state index contributed by atoms with van der Waals surface area (Å²) < 4.78 is 4.35. The highest BCUT2D eigenvalue weighted by molar-refractivity contribution is 6.09. The van der Waals surface area contributed by atoms with E-state index in [4.69, 9.17) is 0 Å². The lowest BCUT2D eigenvalue weighted by Crippen LogP contribution is -2.12. The first-order chi connectivity index (χ1) is 7.97. The Morgan fingerprint density at radius 3 is 2.59 bits per heavy atom. The number of nitrogens with zero attached hydrogens (tertiary/aromatic N) is 1. The molecule has 0 radical (unpaired) electrons. The second kappa shape index (κ2) is 5.20. The van der Waals surface area contributed by atoms with Gasteiger partial charge in [0, 0.05) is 6.07 Å². The average molecular weight is 237 g/mol. The SMILES string of the molecule is COC(=O)CC(=O)c1c(C)cccc1[N+](=O)[O-]. The number of methoxy groups -OCH3 is 1. The summed E-state index contributed by atoms with van der Waals surface area (Å²) in [6.07, 6.45) is -0.498. The zero-order valence-corrected chi connectivity index (χ0v) is 9.43. The zero-order valence-electron chi connectivity index (χ0n) is 9.43. The lowest BCUT2D eigenvalue weighted by molar-refractivity contribution is -0.385. The number of esters is 1. The predicted molar refractivity (Wildman–Crippen MR) is 58.8 cm³/mol. The van der Waals surface area contributed by atoms with Gasteiger partial charge >= 0.3 is 5.97 Å². The molecule has 0 saturated carbocycles. The molecule has 0 N–H and O–H groups in total. The van der Waals surface area contributed by atoms with Crippen molar-refractivity contribution >= 4 is 17.4 Å². The fraction of sp³-hybridized carbons (Fsp3) is 0.273. The van der Waals surface area contributed by atoms with Crippen molar-refractivity contribution in [3.05, 3.63) is 39.4 Å². The minimum Gasteiger partial charge on any atom is -0.469 e. The van der Waals surface area contributed by atoms with Gasteiger partial charge in [0.05, 0.1) is 17.6 Å². The van der Waals surface area contributed by atoms with Crippen LogP contribution in [0.5, 0.6) is 0 Å². The zero-order chi connectivity index (χ0) is 13.0. The fourth-order valence-corrected chi connectivity index (χ4v) is 1.46. The van der Waals surface area contributed by atoms with Gasteiger partial charge in [0.1, 0.15) is 6.42 Å². The van der Waals surface area contributed by atoms with E-state index in [2.05, 4.69) is 4.74 Å². The number of ketones is 1. The molecular weight excluding hydrogens is 226 g/mol. The topological polar surface area (TPSA) is 86.5 Å². The molecule has 0 aliphatic heterocycles. The van der Waals surface area contributed by atoms with Gasteiger partial charge in [0.15, 0.2) is 5.78 Å². The lowest BCUT2D eigenvalue weighted by atomic mass is 10.0. The molecule has 1 rings (SSSR count). The molecule has 1 aromatic rings. The molecule has 0 unspecified atom stereocenters. The first-order valence-electron chi connectivity index (χ1n) is 4.81. The number of rotatable bonds is 4. The van der Waals surface area contributed by atoms with E-state index in [0.29, 0.717) is 5.56 Å². The Labute approximate surface area is 97.3 Å². The third-order valence-corrected chi connectivity index (χ3v) is 2.26. The number of aryl methyl sites for hydroxylation is 1. The van der Waals surface area contributed by atoms with Crippen LogP contribution in [0.4, 0.5) is 5.69 Å². The summed E-state index contributed by atoms with van der Waals surface area (Å²) in [7, 11) is 1.15. The number of benzene rings is 1. The summed E-state index contributed by atoms with van der Waals surface area (Å²) in [5, 5.41) is 10.8. The quantitative estimate of drug-likeness (QED) is 0.261. The van der Waals surface area contributed by atoms with E-state index >= 15 is 0 Å². The van der Waals surface area contributed by atoms with Crippen LogP contribution in [-0.2, 0) is 9.53 Å². The largest absolute Gasteiger partial charge is 0.469 e. The van der Waals surface area contributed by atoms with Gasteiger partial charge in [-0.1, -0.05) is 12.1 Å². The van der Waals surface area contributed by atoms with Gasteiger partial charge in [-0.3, -0.25) is 19.7 Å². The minimum absolute atomic E-state index is 0.0390. The highest BCUT2D eigenvalue weighted by Crippen LogP contribution is 2.23. The Morgan fingerprint density at radius 2 is 2.06 bits per heavy atom. The summed E-state index contributed by atoms with van der Waals surface area (Å²) in [5.41, 5.74) is 0.134. The van der Waals surface area contributed by atoms with E-state index in [1.807, 2.05) is 0 Å². The number of hydrogen-bond acceptors (Lipinski definition) is 5. The van der Waals surface area contributed by atoms with Crippen molar-refractivity contribution in [2.75, 3.05) is 7.11 Å². The molecule has 0 aliphatic carbocycles. The molecule has 90 valence electrons. The lowest BCUT2D eigenvalue weighted by Gasteiger charge is -2.04. The van der Waals surface area contributed by atoms with E-state index in [1.54, 1.807) is 13.0 Å². The number of nitro benzene ring substituents is 1. The van der Waals surface area contributed by atoms with Crippen molar-refractivity contribution in [1.29, 1.82) is 0 Å². The van der Waals surface area contributed by atoms with E-state index in [0.717, 1.165) is 7.11 Å². The molecule has 0 amide bonds. The molecule has 0 heterocycles. The third-order valence-electron chi connectivity index (χ3n) is 2.26. The number of ether oxygens (including phenoxy) is 1. The Balaban J connectivity index is 3.16. The molecule has 0 atom stereocenters. The normalized spacial score (nSPS) is 9.76. The van der Waals surface area contributed by atoms with Gasteiger partial charge in [-0.05, 0) is 12.5 Å². The second-order valence-corrected chi connectivity index (χ2v) is 3.40. The summed E-state index contributed by atoms with van der Waals surface area (Å²) in [4.78, 5) is 32.9. The molecule has 0 bridgehead atoms. The van der Waals surface area contributed by atoms with Crippen LogP contribution in [0.2, 0.25) is 0 Å². The van der Waals surface area contributed by atoms with Gasteiger partial charge in [-0.2, -0.15) is 0 Å². The number of hydrogen-bond donors (Lipinski definition) is 0. The predicted octanol–water partition coefficient (Wildman–Crippen LogP) is 1.65. The Morgan fingerprint density at radius 1 is 1.41 bits per heavy atom. The van der Waals surface area contributed by atoms with Gasteiger partial charge < -0.3 is 4.74 Å². The van der Waals surface area contributed by atoms with Crippen LogP contribution in [-0.4, -0.2) is 23.8 Å². The number of Topliss-reactive ketones (excluding diaryl/α,β-unsaturated/α-hetero) is 1. The number of carbonyl (C=O) groups is 2. The standard InChI is InChI=1S/C11H11NO5/c1-7-4-3-5-8(12(15)16)11(7)9(13)6-10(14)17-2/h3-5H,6H2,1-2H3. The molecule has 0 fully saturated rings. The van der Waals surface area contributed by atoms with E-state index in [1.165, 1.54) is 12.1 Å². The smallest absolute Gasteiger partial charge is 0.313 e. The minimum atomic E-state index is -0.715. The Bertz CT molecular complexity index is 481. The number of carbonyl (C=O) groups excluding carboxylic acids is 2. The Hall–Kier alpha value is -2.24. The maximum Gasteiger partial charge on any atom is 0.313 e. The molecule has 0 spiro atoms. The van der Waals surface area contributed by atoms with Crippen LogP contribution >= 0.6 is 0 Å². The van der Waals surface area contributed by atoms with Crippen LogP contribution in [0.3, 0.4) is 0 Å². The summed E-state index contributed by atoms with van der Waals surface area (Å²) in [6.45, 7) is 1.58. The number of nitro groups is 1. The summed E-state index contributed by atoms with van der Waals surface area (Å²) in [6, 6.07) is 4.30. The third kappa shape index (κ3) is 2.87. The van der Waals surface area contributed by atoms with Crippen LogP contribution in [0.25, 0.3) is 0 Å². The maximum absolute atomic E-state index is 11.8. The first-order valence-corrected chi connectivity index (χ1v) is 4.81. The van der Waals surface area contributed by atoms with Gasteiger partial charge in [-0.25, -0.2) is 0 Å². The van der Waals surface area contributed by atoms with E-state index in [9.17, 15) is 19.7 Å². The van der Waals surface area contributed by atoms with Crippen LogP contribution < -0.4 is 0 Å². The maximum atomic E-state index is 11.8. The van der Waals surface area contributed by atoms with Crippen LogP contribution in [0.1, 0.15) is 22.3 Å². The fourth-order valence-electron chi connectivity index (χ4n) is 1.46. The van der Waals surface area contributed by atoms with E-state index in [-0.39, 0.29) is 11.3 Å². The van der Waals surface area contributed by atoms with Crippen molar-refractivity contribution in [2.24, 2.45) is 0 Å². The summed E-state index contributed by atoms with van der Waals surface area (Å²) in [5.74, 6) is -1.32. The van der Waals surface area contributed by atoms with Gasteiger partial charge in [0.2, 0.25) is 0 Å². The van der Waals surface area contributed by atoms with Gasteiger partial charge in [-0.15, -0.1) is 0 Å². The van der Waals surface area contributed by atoms with Crippen molar-refractivity contribution in [3.63, 3.8) is 0 Å². The van der Waals surface area contributed by atoms with Crippen molar-refractivity contribution in [3.8, 4) is 0 Å². The molecule has 6 heteroatoms. The van der Waals surface area contributed by atoms with E-state index < -0.39 is 23.1 Å². The monoisotopic (exact) mass is 237 g/mol. The average Bonchev–Trinajstić information content (AvgIpc) is 2.28.